The van der Waals surface area contributed by atoms with Crippen molar-refractivity contribution in [3.63, 3.8) is 0 Å². The Morgan fingerprint density at radius 3 is 2.30 bits per heavy atom. The van der Waals surface area contributed by atoms with Crippen molar-refractivity contribution in [3.05, 3.63) is 39.9 Å². The molecule has 0 bridgehead atoms. The Morgan fingerprint density at radius 1 is 1.30 bits per heavy atom. The minimum absolute atomic E-state index is 0.0766. The monoisotopic (exact) mass is 298 g/mol. The van der Waals surface area contributed by atoms with Crippen LogP contribution in [0.4, 0.5) is 5.69 Å². The van der Waals surface area contributed by atoms with Gasteiger partial charge in [0.05, 0.1) is 4.92 Å². The number of benzene rings is 1. The van der Waals surface area contributed by atoms with E-state index < -0.39 is 15.7 Å². The highest BCUT2D eigenvalue weighted by Gasteiger charge is 2.19. The topological polar surface area (TPSA) is 72.2 Å². The number of nitro benzene ring substituents is 1. The molecular formula is C14H22N2O3S. The third-order valence-electron chi connectivity index (χ3n) is 3.02. The normalized spacial score (nSPS) is 14.8. The van der Waals surface area contributed by atoms with E-state index in [0.717, 1.165) is 5.56 Å². The van der Waals surface area contributed by atoms with Crippen LogP contribution in [0.15, 0.2) is 24.3 Å². The van der Waals surface area contributed by atoms with Gasteiger partial charge in [-0.15, -0.1) is 0 Å². The Hall–Kier alpha value is -1.27. The van der Waals surface area contributed by atoms with Crippen molar-refractivity contribution in [2.75, 3.05) is 12.3 Å². The highest BCUT2D eigenvalue weighted by atomic mass is 32.2. The average molecular weight is 298 g/mol. The molecule has 1 aromatic carbocycles. The Balaban J connectivity index is 2.49. The standard InChI is InChI=1S/C14H22N2O3S/c1-11(15-9-10-20(19)14(2,3)4)12-5-7-13(8-6-12)16(17)18/h5-8,11,15H,9-10H2,1-4H3/t11-,20-/m0/s1. The lowest BCUT2D eigenvalue weighted by molar-refractivity contribution is -0.384. The molecule has 0 saturated carbocycles. The number of hydrogen-bond acceptors (Lipinski definition) is 4. The van der Waals surface area contributed by atoms with Crippen LogP contribution in [0.5, 0.6) is 0 Å². The van der Waals surface area contributed by atoms with E-state index in [0.29, 0.717) is 12.3 Å². The molecular weight excluding hydrogens is 276 g/mol. The summed E-state index contributed by atoms with van der Waals surface area (Å²) in [6.45, 7) is 8.53. The summed E-state index contributed by atoms with van der Waals surface area (Å²) in [5.41, 5.74) is 1.08. The molecule has 0 aliphatic heterocycles. The first-order valence-corrected chi connectivity index (χ1v) is 7.90. The van der Waals surface area contributed by atoms with Crippen molar-refractivity contribution in [1.82, 2.24) is 5.32 Å². The molecule has 20 heavy (non-hydrogen) atoms. The Morgan fingerprint density at radius 2 is 1.85 bits per heavy atom. The van der Waals surface area contributed by atoms with Gasteiger partial charge in [0, 0.05) is 46.0 Å². The van der Waals surface area contributed by atoms with Crippen LogP contribution in [-0.2, 0) is 10.8 Å². The highest BCUT2D eigenvalue weighted by molar-refractivity contribution is 7.86. The van der Waals surface area contributed by atoms with E-state index in [1.807, 2.05) is 27.7 Å². The summed E-state index contributed by atoms with van der Waals surface area (Å²) >= 11 is 0. The second-order valence-electron chi connectivity index (χ2n) is 5.69. The van der Waals surface area contributed by atoms with Crippen LogP contribution in [0, 0.1) is 10.1 Å². The molecule has 2 atom stereocenters. The molecule has 0 heterocycles. The Kier molecular flexibility index (Phi) is 5.83. The SMILES string of the molecule is C[C@H](NCC[S@](=O)C(C)(C)C)c1ccc([N+](=O)[O-])cc1. The van der Waals surface area contributed by atoms with Crippen LogP contribution < -0.4 is 5.32 Å². The van der Waals surface area contributed by atoms with E-state index in [4.69, 9.17) is 0 Å². The summed E-state index contributed by atoms with van der Waals surface area (Å²) in [7, 11) is -0.872. The van der Waals surface area contributed by atoms with Gasteiger partial charge in [-0.05, 0) is 33.3 Å². The molecule has 0 aliphatic rings. The summed E-state index contributed by atoms with van der Waals surface area (Å²) in [6.07, 6.45) is 0. The first-order valence-electron chi connectivity index (χ1n) is 6.58. The van der Waals surface area contributed by atoms with Crippen molar-refractivity contribution < 1.29 is 9.13 Å². The van der Waals surface area contributed by atoms with Crippen molar-refractivity contribution in [3.8, 4) is 0 Å². The molecule has 0 spiro atoms. The molecule has 0 aliphatic carbocycles. The average Bonchev–Trinajstić information content (AvgIpc) is 2.37. The zero-order valence-corrected chi connectivity index (χ0v) is 13.2. The third-order valence-corrected chi connectivity index (χ3v) is 4.97. The molecule has 1 N–H and O–H groups in total. The van der Waals surface area contributed by atoms with Gasteiger partial charge in [0.15, 0.2) is 0 Å². The highest BCUT2D eigenvalue weighted by Crippen LogP contribution is 2.17. The van der Waals surface area contributed by atoms with Gasteiger partial charge in [-0.3, -0.25) is 14.3 Å². The minimum atomic E-state index is -0.872. The number of non-ortho nitro benzene ring substituents is 1. The number of nitrogens with zero attached hydrogens (tertiary/aromatic N) is 1. The van der Waals surface area contributed by atoms with Gasteiger partial charge in [0.25, 0.3) is 5.69 Å². The van der Waals surface area contributed by atoms with Crippen LogP contribution >= 0.6 is 0 Å². The Bertz CT molecular complexity index is 480. The molecule has 112 valence electrons. The number of nitrogens with one attached hydrogen (secondary N) is 1. The molecule has 1 aromatic rings. The van der Waals surface area contributed by atoms with E-state index in [1.165, 1.54) is 12.1 Å². The molecule has 5 nitrogen and oxygen atoms in total. The zero-order chi connectivity index (χ0) is 15.3. The molecule has 6 heteroatoms. The molecule has 0 radical (unpaired) electrons. The fourth-order valence-corrected chi connectivity index (χ4v) is 2.59. The van der Waals surface area contributed by atoms with E-state index in [2.05, 4.69) is 5.32 Å². The molecule has 0 amide bonds. The summed E-state index contributed by atoms with van der Waals surface area (Å²) in [5.74, 6) is 0.598. The van der Waals surface area contributed by atoms with E-state index in [-0.39, 0.29) is 16.5 Å². The predicted octanol–water partition coefficient (Wildman–Crippen LogP) is 2.79. The summed E-state index contributed by atoms with van der Waals surface area (Å²) in [5, 5.41) is 13.9. The maximum Gasteiger partial charge on any atom is 0.269 e. The van der Waals surface area contributed by atoms with Crippen molar-refractivity contribution in [2.24, 2.45) is 0 Å². The smallest absolute Gasteiger partial charge is 0.269 e. The second-order valence-corrected chi connectivity index (χ2v) is 8.01. The van der Waals surface area contributed by atoms with Gasteiger partial charge >= 0.3 is 0 Å². The van der Waals surface area contributed by atoms with E-state index in [1.54, 1.807) is 12.1 Å². The van der Waals surface area contributed by atoms with E-state index in [9.17, 15) is 14.3 Å². The largest absolute Gasteiger partial charge is 0.309 e. The quantitative estimate of drug-likeness (QED) is 0.647. The molecule has 0 aromatic heterocycles. The first-order chi connectivity index (χ1) is 9.21. The molecule has 1 rings (SSSR count). The maximum absolute atomic E-state index is 11.9. The summed E-state index contributed by atoms with van der Waals surface area (Å²) < 4.78 is 11.7. The molecule has 0 fully saturated rings. The van der Waals surface area contributed by atoms with Crippen LogP contribution in [0.3, 0.4) is 0 Å². The molecule has 0 saturated heterocycles. The van der Waals surface area contributed by atoms with Crippen LogP contribution in [-0.4, -0.2) is 26.2 Å². The first kappa shape index (κ1) is 16.8. The fraction of sp³-hybridized carbons (Fsp3) is 0.571. The lowest BCUT2D eigenvalue weighted by Crippen LogP contribution is -2.30. The number of nitro groups is 1. The van der Waals surface area contributed by atoms with Crippen molar-refractivity contribution in [1.29, 1.82) is 0 Å². The van der Waals surface area contributed by atoms with Gasteiger partial charge in [0.1, 0.15) is 0 Å². The number of rotatable bonds is 6. The fourth-order valence-electron chi connectivity index (χ4n) is 1.68. The van der Waals surface area contributed by atoms with Crippen LogP contribution in [0.1, 0.15) is 39.3 Å². The lowest BCUT2D eigenvalue weighted by atomic mass is 10.1. The molecule has 0 unspecified atom stereocenters. The van der Waals surface area contributed by atoms with Gasteiger partial charge in [-0.25, -0.2) is 0 Å². The van der Waals surface area contributed by atoms with E-state index >= 15 is 0 Å². The van der Waals surface area contributed by atoms with Gasteiger partial charge in [-0.2, -0.15) is 0 Å². The van der Waals surface area contributed by atoms with Gasteiger partial charge < -0.3 is 5.32 Å². The van der Waals surface area contributed by atoms with Crippen LogP contribution in [0.25, 0.3) is 0 Å². The Labute approximate surface area is 122 Å². The van der Waals surface area contributed by atoms with Crippen LogP contribution in [0.2, 0.25) is 0 Å². The third kappa shape index (κ3) is 5.02. The summed E-state index contributed by atoms with van der Waals surface area (Å²) in [6, 6.07) is 6.57. The van der Waals surface area contributed by atoms with Crippen molar-refractivity contribution in [2.45, 2.75) is 38.5 Å². The lowest BCUT2D eigenvalue weighted by Gasteiger charge is -2.19. The van der Waals surface area contributed by atoms with Crippen molar-refractivity contribution >= 4 is 16.5 Å². The minimum Gasteiger partial charge on any atom is -0.309 e. The van der Waals surface area contributed by atoms with Gasteiger partial charge in [0.2, 0.25) is 0 Å². The zero-order valence-electron chi connectivity index (χ0n) is 12.4. The summed E-state index contributed by atoms with van der Waals surface area (Å²) in [4.78, 5) is 10.2. The second kappa shape index (κ2) is 6.95. The predicted molar refractivity (Wildman–Crippen MR) is 82.3 cm³/mol. The maximum atomic E-state index is 11.9. The van der Waals surface area contributed by atoms with Gasteiger partial charge in [-0.1, -0.05) is 12.1 Å². The number of hydrogen-bond donors (Lipinski definition) is 1.